The maximum absolute atomic E-state index is 12.1. The molecule has 21 heavy (non-hydrogen) atoms. The molecule has 4 heteroatoms. The summed E-state index contributed by atoms with van der Waals surface area (Å²) >= 11 is 1.69. The number of nitrogens with zero attached hydrogens (tertiary/aromatic N) is 1. The number of rotatable bonds is 3. The van der Waals surface area contributed by atoms with Crippen molar-refractivity contribution in [3.63, 3.8) is 0 Å². The highest BCUT2D eigenvalue weighted by atomic mass is 32.2. The highest BCUT2D eigenvalue weighted by Gasteiger charge is 2.28. The van der Waals surface area contributed by atoms with Gasteiger partial charge in [-0.2, -0.15) is 0 Å². The van der Waals surface area contributed by atoms with Gasteiger partial charge in [-0.3, -0.25) is 0 Å². The van der Waals surface area contributed by atoms with Gasteiger partial charge >= 0.3 is 5.97 Å². The summed E-state index contributed by atoms with van der Waals surface area (Å²) in [4.78, 5) is 16.2. The van der Waals surface area contributed by atoms with Gasteiger partial charge in [0.2, 0.25) is 0 Å². The smallest absolute Gasteiger partial charge is 0.354 e. The molecule has 1 aliphatic rings. The maximum atomic E-state index is 12.1. The molecule has 106 valence electrons. The van der Waals surface area contributed by atoms with Crippen LogP contribution >= 0.6 is 11.8 Å². The first-order chi connectivity index (χ1) is 10.2. The third-order valence-electron chi connectivity index (χ3n) is 3.21. The number of carbonyl (C=O) groups is 1. The summed E-state index contributed by atoms with van der Waals surface area (Å²) in [5.41, 5.74) is 2.25. The van der Waals surface area contributed by atoms with Crippen LogP contribution in [0.15, 0.2) is 70.6 Å². The third-order valence-corrected chi connectivity index (χ3v) is 4.34. The van der Waals surface area contributed by atoms with E-state index >= 15 is 0 Å². The van der Waals surface area contributed by atoms with Crippen LogP contribution in [0.5, 0.6) is 0 Å². The SMILES string of the molecule is C=C(C(=O)OCC)N1c2ccccc2Sc2ccccc21. The van der Waals surface area contributed by atoms with E-state index in [1.54, 1.807) is 18.7 Å². The van der Waals surface area contributed by atoms with Gasteiger partial charge < -0.3 is 9.64 Å². The fourth-order valence-electron chi connectivity index (χ4n) is 2.30. The third kappa shape index (κ3) is 2.43. The van der Waals surface area contributed by atoms with E-state index in [-0.39, 0.29) is 0 Å². The van der Waals surface area contributed by atoms with Crippen LogP contribution in [0.2, 0.25) is 0 Å². The Balaban J connectivity index is 2.11. The minimum Gasteiger partial charge on any atom is -0.461 e. The van der Waals surface area contributed by atoms with E-state index in [9.17, 15) is 4.79 Å². The van der Waals surface area contributed by atoms with Crippen LogP contribution in [0, 0.1) is 0 Å². The van der Waals surface area contributed by atoms with E-state index in [2.05, 4.69) is 6.58 Å². The number of carbonyl (C=O) groups excluding carboxylic acids is 1. The van der Waals surface area contributed by atoms with E-state index in [1.807, 2.05) is 53.4 Å². The first-order valence-electron chi connectivity index (χ1n) is 6.74. The fraction of sp³-hybridized carbons (Fsp3) is 0.118. The standard InChI is InChI=1S/C17H15NO2S/c1-3-20-17(19)12(2)18-13-8-4-6-10-15(13)21-16-11-7-5-9-14(16)18/h4-11H,2-3H2,1H3. The van der Waals surface area contributed by atoms with E-state index in [1.165, 1.54) is 0 Å². The van der Waals surface area contributed by atoms with Crippen molar-refractivity contribution in [2.45, 2.75) is 16.7 Å². The molecular weight excluding hydrogens is 282 g/mol. The van der Waals surface area contributed by atoms with Crippen molar-refractivity contribution in [2.75, 3.05) is 11.5 Å². The molecule has 0 amide bonds. The number of hydrogen-bond acceptors (Lipinski definition) is 4. The van der Waals surface area contributed by atoms with Crippen LogP contribution in [0.25, 0.3) is 0 Å². The number of ether oxygens (including phenoxy) is 1. The molecule has 0 saturated heterocycles. The average Bonchev–Trinajstić information content (AvgIpc) is 2.52. The van der Waals surface area contributed by atoms with Crippen LogP contribution < -0.4 is 4.90 Å². The van der Waals surface area contributed by atoms with Gasteiger partial charge in [0.1, 0.15) is 5.70 Å². The van der Waals surface area contributed by atoms with Crippen molar-refractivity contribution in [3.05, 3.63) is 60.8 Å². The summed E-state index contributed by atoms with van der Waals surface area (Å²) in [5.74, 6) is -0.394. The highest BCUT2D eigenvalue weighted by molar-refractivity contribution is 7.99. The molecule has 0 radical (unpaired) electrons. The molecule has 0 aromatic heterocycles. The molecule has 1 heterocycles. The molecule has 0 fully saturated rings. The molecular formula is C17H15NO2S. The number of para-hydroxylation sites is 2. The van der Waals surface area contributed by atoms with Crippen LogP contribution in [-0.2, 0) is 9.53 Å². The van der Waals surface area contributed by atoms with Gasteiger partial charge in [-0.1, -0.05) is 42.6 Å². The molecule has 0 aliphatic carbocycles. The van der Waals surface area contributed by atoms with Gasteiger partial charge in [-0.25, -0.2) is 4.79 Å². The summed E-state index contributed by atoms with van der Waals surface area (Å²) in [6.07, 6.45) is 0. The summed E-state index contributed by atoms with van der Waals surface area (Å²) in [5, 5.41) is 0. The van der Waals surface area contributed by atoms with Crippen molar-refractivity contribution in [3.8, 4) is 0 Å². The quantitative estimate of drug-likeness (QED) is 0.621. The Morgan fingerprint density at radius 1 is 1.10 bits per heavy atom. The lowest BCUT2D eigenvalue weighted by atomic mass is 10.2. The Bertz CT molecular complexity index is 666. The second-order valence-electron chi connectivity index (χ2n) is 4.54. The number of benzene rings is 2. The molecule has 0 saturated carbocycles. The minimum absolute atomic E-state index is 0.331. The van der Waals surface area contributed by atoms with E-state index in [4.69, 9.17) is 4.74 Å². The summed E-state index contributed by atoms with van der Waals surface area (Å²) in [6, 6.07) is 16.0. The Labute approximate surface area is 128 Å². The van der Waals surface area contributed by atoms with Gasteiger partial charge in [0.05, 0.1) is 18.0 Å². The number of esters is 1. The van der Waals surface area contributed by atoms with Crippen LogP contribution in [0.4, 0.5) is 11.4 Å². The molecule has 0 atom stereocenters. The lowest BCUT2D eigenvalue weighted by Gasteiger charge is -2.32. The van der Waals surface area contributed by atoms with Crippen molar-refractivity contribution < 1.29 is 9.53 Å². The molecule has 2 aromatic carbocycles. The molecule has 0 spiro atoms. The summed E-state index contributed by atoms with van der Waals surface area (Å²) < 4.78 is 5.10. The predicted octanol–water partition coefficient (Wildman–Crippen LogP) is 4.37. The summed E-state index contributed by atoms with van der Waals surface area (Å²) in [6.45, 7) is 6.06. The maximum Gasteiger partial charge on any atom is 0.354 e. The number of fused-ring (bicyclic) bond motifs is 2. The fourth-order valence-corrected chi connectivity index (χ4v) is 3.36. The average molecular weight is 297 g/mol. The molecule has 0 unspecified atom stereocenters. The van der Waals surface area contributed by atoms with Gasteiger partial charge in [0.15, 0.2) is 0 Å². The zero-order chi connectivity index (χ0) is 14.8. The first-order valence-corrected chi connectivity index (χ1v) is 7.56. The van der Waals surface area contributed by atoms with Gasteiger partial charge in [-0.15, -0.1) is 0 Å². The monoisotopic (exact) mass is 297 g/mol. The van der Waals surface area contributed by atoms with Crippen LogP contribution in [0.3, 0.4) is 0 Å². The van der Waals surface area contributed by atoms with E-state index in [0.717, 1.165) is 21.2 Å². The van der Waals surface area contributed by atoms with Gasteiger partial charge in [-0.05, 0) is 31.2 Å². The van der Waals surface area contributed by atoms with E-state index in [0.29, 0.717) is 12.3 Å². The lowest BCUT2D eigenvalue weighted by Crippen LogP contribution is -2.26. The topological polar surface area (TPSA) is 29.5 Å². The first kappa shape index (κ1) is 13.8. The van der Waals surface area contributed by atoms with Crippen molar-refractivity contribution in [1.82, 2.24) is 0 Å². The second-order valence-corrected chi connectivity index (χ2v) is 5.62. The van der Waals surface area contributed by atoms with Crippen molar-refractivity contribution in [1.29, 1.82) is 0 Å². The second kappa shape index (κ2) is 5.66. The van der Waals surface area contributed by atoms with Crippen LogP contribution in [0.1, 0.15) is 6.92 Å². The van der Waals surface area contributed by atoms with Gasteiger partial charge in [0, 0.05) is 9.79 Å². The number of hydrogen-bond donors (Lipinski definition) is 0. The lowest BCUT2D eigenvalue weighted by molar-refractivity contribution is -0.138. The van der Waals surface area contributed by atoms with Gasteiger partial charge in [0.25, 0.3) is 0 Å². The minimum atomic E-state index is -0.394. The Morgan fingerprint density at radius 2 is 1.62 bits per heavy atom. The number of anilines is 2. The Morgan fingerprint density at radius 3 is 2.14 bits per heavy atom. The normalized spacial score (nSPS) is 12.3. The molecule has 3 rings (SSSR count). The van der Waals surface area contributed by atoms with Crippen molar-refractivity contribution in [2.24, 2.45) is 0 Å². The molecule has 3 nitrogen and oxygen atoms in total. The van der Waals surface area contributed by atoms with E-state index < -0.39 is 5.97 Å². The molecule has 2 aromatic rings. The van der Waals surface area contributed by atoms with Crippen molar-refractivity contribution >= 4 is 29.1 Å². The zero-order valence-corrected chi connectivity index (χ0v) is 12.5. The molecule has 0 N–H and O–H groups in total. The largest absolute Gasteiger partial charge is 0.461 e. The summed E-state index contributed by atoms with van der Waals surface area (Å²) in [7, 11) is 0. The Kier molecular flexibility index (Phi) is 3.71. The molecule has 1 aliphatic heterocycles. The Hall–Kier alpha value is -2.20. The zero-order valence-electron chi connectivity index (χ0n) is 11.7. The van der Waals surface area contributed by atoms with Crippen LogP contribution in [-0.4, -0.2) is 12.6 Å². The predicted molar refractivity (Wildman–Crippen MR) is 84.9 cm³/mol. The molecule has 0 bridgehead atoms. The highest BCUT2D eigenvalue weighted by Crippen LogP contribution is 2.49.